The van der Waals surface area contributed by atoms with Crippen LogP contribution < -0.4 is 15.5 Å². The highest BCUT2D eigenvalue weighted by atomic mass is 19.1. The summed E-state index contributed by atoms with van der Waals surface area (Å²) in [6, 6.07) is 10.2. The lowest BCUT2D eigenvalue weighted by Crippen LogP contribution is -2.43. The highest BCUT2D eigenvalue weighted by Crippen LogP contribution is 2.32. The number of carboxylic acid groups (broad SMARTS) is 1. The van der Waals surface area contributed by atoms with Crippen LogP contribution >= 0.6 is 0 Å². The number of ether oxygens (including phenoxy) is 1. The Balaban J connectivity index is 1.43. The fourth-order valence-electron chi connectivity index (χ4n) is 5.25. The molecule has 12 nitrogen and oxygen atoms in total. The quantitative estimate of drug-likeness (QED) is 0.230. The molecule has 2 aromatic carbocycles. The van der Waals surface area contributed by atoms with E-state index >= 15 is 8.78 Å². The van der Waals surface area contributed by atoms with Gasteiger partial charge in [-0.1, -0.05) is 0 Å². The van der Waals surface area contributed by atoms with Crippen molar-refractivity contribution in [3.8, 4) is 11.3 Å². The number of hydrogen-bond acceptors (Lipinski definition) is 8. The van der Waals surface area contributed by atoms with Crippen molar-refractivity contribution >= 4 is 40.5 Å². The molecule has 5 rings (SSSR count). The number of fused-ring (bicyclic) bond motifs is 1. The molecule has 0 saturated carbocycles. The molecule has 0 radical (unpaired) electrons. The van der Waals surface area contributed by atoms with E-state index in [1.165, 1.54) is 11.0 Å². The Morgan fingerprint density at radius 1 is 1.06 bits per heavy atom. The normalized spacial score (nSPS) is 13.6. The third kappa shape index (κ3) is 7.49. The van der Waals surface area contributed by atoms with Crippen LogP contribution in [-0.4, -0.2) is 80.7 Å². The molecule has 14 heteroatoms. The largest absolute Gasteiger partial charge is 0.463 e. The van der Waals surface area contributed by atoms with Crippen molar-refractivity contribution in [3.05, 3.63) is 71.4 Å². The first kappa shape index (κ1) is 33.3. The minimum absolute atomic E-state index is 0.00739. The van der Waals surface area contributed by atoms with E-state index in [-0.39, 0.29) is 40.6 Å². The maximum Gasteiger partial charge on any atom is 0.432 e. The zero-order valence-corrected chi connectivity index (χ0v) is 26.8. The van der Waals surface area contributed by atoms with Gasteiger partial charge in [-0.25, -0.2) is 18.4 Å². The molecular weight excluding hydrogens is 612 g/mol. The summed E-state index contributed by atoms with van der Waals surface area (Å²) in [6.45, 7) is 12.0. The first-order chi connectivity index (χ1) is 22.2. The molecule has 1 fully saturated rings. The predicted octanol–water partition coefficient (Wildman–Crippen LogP) is 5.71. The van der Waals surface area contributed by atoms with Gasteiger partial charge in [-0.3, -0.25) is 9.78 Å². The molecule has 3 N–H and O–H groups in total. The Kier molecular flexibility index (Phi) is 9.43. The molecule has 0 bridgehead atoms. The first-order valence-corrected chi connectivity index (χ1v) is 15.2. The maximum atomic E-state index is 15.5. The van der Waals surface area contributed by atoms with Crippen molar-refractivity contribution in [2.24, 2.45) is 0 Å². The summed E-state index contributed by atoms with van der Waals surface area (Å²) in [5.41, 5.74) is 0.117. The van der Waals surface area contributed by atoms with E-state index in [0.717, 1.165) is 50.2 Å². The van der Waals surface area contributed by atoms with Gasteiger partial charge in [0.1, 0.15) is 22.8 Å². The third-order valence-electron chi connectivity index (χ3n) is 7.55. The fourth-order valence-corrected chi connectivity index (χ4v) is 5.25. The number of aromatic nitrogens is 3. The fraction of sp³-hybridized carbons (Fsp3) is 0.364. The number of halogens is 2. The van der Waals surface area contributed by atoms with E-state index in [1.54, 1.807) is 46.8 Å². The molecule has 0 spiro atoms. The number of hydrogen-bond donors (Lipinski definition) is 3. The van der Waals surface area contributed by atoms with Crippen LogP contribution in [0.5, 0.6) is 0 Å². The van der Waals surface area contributed by atoms with E-state index in [4.69, 9.17) is 4.74 Å². The van der Waals surface area contributed by atoms with Crippen LogP contribution in [0.25, 0.3) is 22.2 Å². The SMILES string of the molecule is CC(C)N(Cc1cc(F)c(-c2cc3c(NC(=O)c4ccc(N5CCNCC5)cc4)nn(C(=O)O)c3cn2)c(F)c1)C(=O)OC(C)(C)C. The number of anilines is 2. The Labute approximate surface area is 270 Å². The zero-order chi connectivity index (χ0) is 34.0. The summed E-state index contributed by atoms with van der Waals surface area (Å²) in [6.07, 6.45) is -0.934. The number of pyridine rings is 1. The van der Waals surface area contributed by atoms with Crippen molar-refractivity contribution in [3.63, 3.8) is 0 Å². The van der Waals surface area contributed by atoms with Crippen LogP contribution in [0.3, 0.4) is 0 Å². The van der Waals surface area contributed by atoms with Gasteiger partial charge in [-0.15, -0.1) is 5.10 Å². The van der Waals surface area contributed by atoms with E-state index in [0.29, 0.717) is 10.2 Å². The molecule has 3 heterocycles. The van der Waals surface area contributed by atoms with Gasteiger partial charge in [0.05, 0.1) is 17.5 Å². The second kappa shape index (κ2) is 13.3. The van der Waals surface area contributed by atoms with Crippen LogP contribution in [0.1, 0.15) is 50.5 Å². The van der Waals surface area contributed by atoms with Gasteiger partial charge >= 0.3 is 12.2 Å². The molecular formula is C33H37F2N7O5. The van der Waals surface area contributed by atoms with E-state index in [9.17, 15) is 19.5 Å². The summed E-state index contributed by atoms with van der Waals surface area (Å²) in [7, 11) is 0. The second-order valence-corrected chi connectivity index (χ2v) is 12.5. The molecule has 0 aliphatic carbocycles. The number of nitrogens with zero attached hydrogens (tertiary/aromatic N) is 5. The number of piperazine rings is 1. The maximum absolute atomic E-state index is 15.5. The van der Waals surface area contributed by atoms with Crippen LogP contribution in [0, 0.1) is 11.6 Å². The van der Waals surface area contributed by atoms with Gasteiger partial charge in [-0.2, -0.15) is 4.68 Å². The average molecular weight is 650 g/mol. The molecule has 1 aliphatic heterocycles. The smallest absolute Gasteiger partial charge is 0.432 e. The standard InChI is InChI=1S/C33H37F2N7O5/c1-19(2)41(32(46)47-33(3,4)5)18-20-14-24(34)28(25(35)15-20)26-16-23-27(17-37-26)42(31(44)45)39-29(23)38-30(43)21-6-8-22(9-7-21)40-12-10-36-11-13-40/h6-9,14-17,19,36H,10-13,18H2,1-5H3,(H,44,45)(H,38,39,43). The highest BCUT2D eigenvalue weighted by molar-refractivity contribution is 6.09. The molecule has 0 atom stereocenters. The molecule has 2 aromatic heterocycles. The number of nitrogens with one attached hydrogen (secondary N) is 2. The Bertz CT molecular complexity index is 1790. The summed E-state index contributed by atoms with van der Waals surface area (Å²) in [5.74, 6) is -2.56. The summed E-state index contributed by atoms with van der Waals surface area (Å²) >= 11 is 0. The minimum Gasteiger partial charge on any atom is -0.463 e. The van der Waals surface area contributed by atoms with Crippen LogP contribution in [0.2, 0.25) is 0 Å². The number of rotatable bonds is 7. The van der Waals surface area contributed by atoms with Gasteiger partial charge in [0.15, 0.2) is 5.82 Å². The topological polar surface area (TPSA) is 142 Å². The summed E-state index contributed by atoms with van der Waals surface area (Å²) < 4.78 is 37.2. The Hall–Kier alpha value is -5.11. The first-order valence-electron chi connectivity index (χ1n) is 15.2. The van der Waals surface area contributed by atoms with Crippen LogP contribution in [-0.2, 0) is 11.3 Å². The second-order valence-electron chi connectivity index (χ2n) is 12.5. The van der Waals surface area contributed by atoms with E-state index in [1.807, 2.05) is 12.1 Å². The van der Waals surface area contributed by atoms with Crippen molar-refractivity contribution in [2.75, 3.05) is 36.4 Å². The number of benzene rings is 2. The Morgan fingerprint density at radius 2 is 1.70 bits per heavy atom. The van der Waals surface area contributed by atoms with E-state index < -0.39 is 40.9 Å². The predicted molar refractivity (Wildman–Crippen MR) is 173 cm³/mol. The van der Waals surface area contributed by atoms with Crippen molar-refractivity contribution in [1.82, 2.24) is 25.0 Å². The number of amides is 2. The van der Waals surface area contributed by atoms with Crippen molar-refractivity contribution in [1.29, 1.82) is 0 Å². The van der Waals surface area contributed by atoms with Gasteiger partial charge in [0.25, 0.3) is 5.91 Å². The molecule has 2 amide bonds. The molecule has 1 saturated heterocycles. The molecule has 4 aromatic rings. The molecule has 248 valence electrons. The van der Waals surface area contributed by atoms with Gasteiger partial charge in [-0.05, 0) is 82.6 Å². The lowest BCUT2D eigenvalue weighted by atomic mass is 10.0. The van der Waals surface area contributed by atoms with Crippen molar-refractivity contribution in [2.45, 2.75) is 52.8 Å². The lowest BCUT2D eigenvalue weighted by molar-refractivity contribution is 0.0171. The number of carbonyl (C=O) groups is 3. The van der Waals surface area contributed by atoms with Gasteiger partial charge in [0, 0.05) is 55.4 Å². The summed E-state index contributed by atoms with van der Waals surface area (Å²) in [5, 5.41) is 19.8. The summed E-state index contributed by atoms with van der Waals surface area (Å²) in [4.78, 5) is 45.5. The molecule has 47 heavy (non-hydrogen) atoms. The lowest BCUT2D eigenvalue weighted by Gasteiger charge is -2.30. The average Bonchev–Trinajstić information content (AvgIpc) is 3.37. The number of carbonyl (C=O) groups excluding carboxylic acids is 2. The van der Waals surface area contributed by atoms with Gasteiger partial charge < -0.3 is 30.3 Å². The van der Waals surface area contributed by atoms with E-state index in [2.05, 4.69) is 25.6 Å². The van der Waals surface area contributed by atoms with Crippen molar-refractivity contribution < 1.29 is 33.0 Å². The Morgan fingerprint density at radius 3 is 2.28 bits per heavy atom. The van der Waals surface area contributed by atoms with Gasteiger partial charge in [0.2, 0.25) is 0 Å². The zero-order valence-electron chi connectivity index (χ0n) is 26.8. The van der Waals surface area contributed by atoms with Crippen LogP contribution in [0.4, 0.5) is 29.9 Å². The molecule has 0 unspecified atom stereocenters. The minimum atomic E-state index is -1.44. The third-order valence-corrected chi connectivity index (χ3v) is 7.55. The molecule has 1 aliphatic rings. The van der Waals surface area contributed by atoms with Crippen LogP contribution in [0.15, 0.2) is 48.7 Å². The monoisotopic (exact) mass is 649 g/mol. The highest BCUT2D eigenvalue weighted by Gasteiger charge is 2.26.